The normalized spacial score (nSPS) is 10.1. The van der Waals surface area contributed by atoms with E-state index in [1.54, 1.807) is 37.4 Å². The van der Waals surface area contributed by atoms with Gasteiger partial charge in [-0.25, -0.2) is 9.78 Å². The predicted molar refractivity (Wildman–Crippen MR) is 67.9 cm³/mol. The highest BCUT2D eigenvalue weighted by molar-refractivity contribution is 5.88. The molecule has 0 saturated heterocycles. The van der Waals surface area contributed by atoms with E-state index in [-0.39, 0.29) is 5.56 Å². The van der Waals surface area contributed by atoms with Crippen molar-refractivity contribution in [2.45, 2.75) is 6.92 Å². The third-order valence-corrected chi connectivity index (χ3v) is 2.71. The fourth-order valence-electron chi connectivity index (χ4n) is 1.75. The first-order valence-corrected chi connectivity index (χ1v) is 5.47. The Morgan fingerprint density at radius 2 is 1.83 bits per heavy atom. The van der Waals surface area contributed by atoms with Crippen LogP contribution in [-0.4, -0.2) is 23.2 Å². The van der Waals surface area contributed by atoms with Crippen molar-refractivity contribution in [1.82, 2.24) is 4.98 Å². The summed E-state index contributed by atoms with van der Waals surface area (Å²) in [5.41, 5.74) is 3.02. The van der Waals surface area contributed by atoms with Crippen molar-refractivity contribution in [3.63, 3.8) is 0 Å². The quantitative estimate of drug-likeness (QED) is 0.900. The number of carbonyl (C=O) groups is 1. The SMILES string of the molecule is COc1ccc(-c2ccc(C(=O)O)cc2)c(C)n1. The van der Waals surface area contributed by atoms with E-state index in [0.717, 1.165) is 16.8 Å². The highest BCUT2D eigenvalue weighted by Gasteiger charge is 2.06. The lowest BCUT2D eigenvalue weighted by Gasteiger charge is -2.07. The van der Waals surface area contributed by atoms with E-state index in [1.165, 1.54) is 0 Å². The molecule has 0 fully saturated rings. The zero-order valence-corrected chi connectivity index (χ0v) is 10.2. The van der Waals surface area contributed by atoms with Crippen molar-refractivity contribution in [1.29, 1.82) is 0 Å². The standard InChI is InChI=1S/C14H13NO3/c1-9-12(7-8-13(15-9)18-2)10-3-5-11(6-4-10)14(16)17/h3-8H,1-2H3,(H,16,17). The molecule has 2 rings (SSSR count). The van der Waals surface area contributed by atoms with Crippen LogP contribution in [-0.2, 0) is 0 Å². The lowest BCUT2D eigenvalue weighted by Crippen LogP contribution is -1.96. The Bertz CT molecular complexity index is 576. The van der Waals surface area contributed by atoms with E-state index < -0.39 is 5.97 Å². The molecule has 0 amide bonds. The van der Waals surface area contributed by atoms with Crippen LogP contribution < -0.4 is 4.74 Å². The lowest BCUT2D eigenvalue weighted by molar-refractivity contribution is 0.0697. The van der Waals surface area contributed by atoms with Crippen LogP contribution in [0.4, 0.5) is 0 Å². The van der Waals surface area contributed by atoms with Gasteiger partial charge in [-0.05, 0) is 30.7 Å². The van der Waals surface area contributed by atoms with Crippen molar-refractivity contribution >= 4 is 5.97 Å². The van der Waals surface area contributed by atoms with Crippen molar-refractivity contribution in [2.24, 2.45) is 0 Å². The van der Waals surface area contributed by atoms with Crippen LogP contribution in [0.3, 0.4) is 0 Å². The van der Waals surface area contributed by atoms with Gasteiger partial charge >= 0.3 is 5.97 Å². The number of ether oxygens (including phenoxy) is 1. The number of carboxylic acid groups (broad SMARTS) is 1. The van der Waals surface area contributed by atoms with E-state index in [0.29, 0.717) is 5.88 Å². The van der Waals surface area contributed by atoms with Crippen molar-refractivity contribution < 1.29 is 14.6 Å². The number of aryl methyl sites for hydroxylation is 1. The molecule has 18 heavy (non-hydrogen) atoms. The number of rotatable bonds is 3. The number of methoxy groups -OCH3 is 1. The number of hydrogen-bond donors (Lipinski definition) is 1. The Morgan fingerprint density at radius 1 is 1.17 bits per heavy atom. The van der Waals surface area contributed by atoms with E-state index in [2.05, 4.69) is 4.98 Å². The summed E-state index contributed by atoms with van der Waals surface area (Å²) in [5, 5.41) is 8.84. The molecular weight excluding hydrogens is 230 g/mol. The number of aromatic nitrogens is 1. The number of carboxylic acids is 1. The molecule has 0 saturated carbocycles. The second kappa shape index (κ2) is 4.87. The molecule has 1 aromatic carbocycles. The highest BCUT2D eigenvalue weighted by atomic mass is 16.5. The minimum Gasteiger partial charge on any atom is -0.481 e. The Morgan fingerprint density at radius 3 is 2.33 bits per heavy atom. The molecular formula is C14H13NO3. The van der Waals surface area contributed by atoms with Gasteiger partial charge in [0.2, 0.25) is 5.88 Å². The first-order chi connectivity index (χ1) is 8.61. The minimum absolute atomic E-state index is 0.276. The van der Waals surface area contributed by atoms with E-state index in [9.17, 15) is 4.79 Å². The Kier molecular flexibility index (Phi) is 3.28. The topological polar surface area (TPSA) is 59.4 Å². The van der Waals surface area contributed by atoms with Gasteiger partial charge in [0.1, 0.15) is 0 Å². The molecule has 4 heteroatoms. The average Bonchev–Trinajstić information content (AvgIpc) is 2.38. The molecule has 2 aromatic rings. The fraction of sp³-hybridized carbons (Fsp3) is 0.143. The molecule has 4 nitrogen and oxygen atoms in total. The van der Waals surface area contributed by atoms with Gasteiger partial charge in [0.25, 0.3) is 0 Å². The van der Waals surface area contributed by atoms with Crippen LogP contribution in [0.15, 0.2) is 36.4 Å². The van der Waals surface area contributed by atoms with E-state index >= 15 is 0 Å². The summed E-state index contributed by atoms with van der Waals surface area (Å²) < 4.78 is 5.05. The zero-order valence-electron chi connectivity index (χ0n) is 10.2. The van der Waals surface area contributed by atoms with Gasteiger partial charge < -0.3 is 9.84 Å². The van der Waals surface area contributed by atoms with Gasteiger partial charge in [-0.3, -0.25) is 0 Å². The van der Waals surface area contributed by atoms with Crippen molar-refractivity contribution in [3.8, 4) is 17.0 Å². The van der Waals surface area contributed by atoms with Crippen LogP contribution >= 0.6 is 0 Å². The van der Waals surface area contributed by atoms with Gasteiger partial charge in [-0.1, -0.05) is 12.1 Å². The van der Waals surface area contributed by atoms with E-state index in [4.69, 9.17) is 9.84 Å². The third-order valence-electron chi connectivity index (χ3n) is 2.71. The predicted octanol–water partition coefficient (Wildman–Crippen LogP) is 2.76. The second-order valence-corrected chi connectivity index (χ2v) is 3.87. The minimum atomic E-state index is -0.925. The first kappa shape index (κ1) is 12.1. The molecule has 1 aromatic heterocycles. The fourth-order valence-corrected chi connectivity index (χ4v) is 1.75. The van der Waals surface area contributed by atoms with Gasteiger partial charge in [0.15, 0.2) is 0 Å². The second-order valence-electron chi connectivity index (χ2n) is 3.87. The largest absolute Gasteiger partial charge is 0.481 e. The van der Waals surface area contributed by atoms with Gasteiger partial charge in [0, 0.05) is 17.3 Å². The zero-order chi connectivity index (χ0) is 13.1. The van der Waals surface area contributed by atoms with Gasteiger partial charge in [-0.15, -0.1) is 0 Å². The van der Waals surface area contributed by atoms with E-state index in [1.807, 2.05) is 13.0 Å². The van der Waals surface area contributed by atoms with Gasteiger partial charge in [0.05, 0.1) is 12.7 Å². The average molecular weight is 243 g/mol. The molecule has 0 unspecified atom stereocenters. The van der Waals surface area contributed by atoms with Crippen molar-refractivity contribution in [3.05, 3.63) is 47.7 Å². The third kappa shape index (κ3) is 2.32. The van der Waals surface area contributed by atoms with Crippen LogP contribution in [0, 0.1) is 6.92 Å². The van der Waals surface area contributed by atoms with Crippen LogP contribution in [0.2, 0.25) is 0 Å². The maximum absolute atomic E-state index is 10.8. The number of aromatic carboxylic acids is 1. The first-order valence-electron chi connectivity index (χ1n) is 5.47. The number of benzene rings is 1. The monoisotopic (exact) mass is 243 g/mol. The number of hydrogen-bond acceptors (Lipinski definition) is 3. The van der Waals surface area contributed by atoms with Crippen LogP contribution in [0.25, 0.3) is 11.1 Å². The summed E-state index contributed by atoms with van der Waals surface area (Å²) >= 11 is 0. The molecule has 0 aliphatic heterocycles. The molecule has 92 valence electrons. The maximum Gasteiger partial charge on any atom is 0.335 e. The van der Waals surface area contributed by atoms with Crippen LogP contribution in [0.5, 0.6) is 5.88 Å². The Hall–Kier alpha value is -2.36. The molecule has 1 heterocycles. The van der Waals surface area contributed by atoms with Crippen LogP contribution in [0.1, 0.15) is 16.1 Å². The molecule has 0 bridgehead atoms. The van der Waals surface area contributed by atoms with Gasteiger partial charge in [-0.2, -0.15) is 0 Å². The van der Waals surface area contributed by atoms with Crippen molar-refractivity contribution in [2.75, 3.05) is 7.11 Å². The summed E-state index contributed by atoms with van der Waals surface area (Å²) in [6.07, 6.45) is 0. The Labute approximate surface area is 105 Å². The Balaban J connectivity index is 2.39. The molecule has 1 N–H and O–H groups in total. The summed E-state index contributed by atoms with van der Waals surface area (Å²) in [6.45, 7) is 1.89. The molecule has 0 aliphatic carbocycles. The molecule has 0 radical (unpaired) electrons. The highest BCUT2D eigenvalue weighted by Crippen LogP contribution is 2.24. The summed E-state index contributed by atoms with van der Waals surface area (Å²) in [7, 11) is 1.57. The summed E-state index contributed by atoms with van der Waals surface area (Å²) in [6, 6.07) is 10.4. The molecule has 0 aliphatic rings. The lowest BCUT2D eigenvalue weighted by atomic mass is 10.0. The smallest absolute Gasteiger partial charge is 0.335 e. The number of pyridine rings is 1. The summed E-state index contributed by atoms with van der Waals surface area (Å²) in [5.74, 6) is -0.357. The molecule has 0 spiro atoms. The molecule has 0 atom stereocenters. The summed E-state index contributed by atoms with van der Waals surface area (Å²) in [4.78, 5) is 15.1. The maximum atomic E-state index is 10.8. The number of nitrogens with zero attached hydrogens (tertiary/aromatic N) is 1.